The van der Waals surface area contributed by atoms with Crippen molar-refractivity contribution >= 4 is 28.0 Å². The van der Waals surface area contributed by atoms with Crippen molar-refractivity contribution in [3.8, 4) is 21.8 Å². The molecule has 9 heteroatoms. The molecule has 1 aromatic carbocycles. The standard InChI is InChI=1S/C24H21N7OS/c1-15-6-5-9-19(28-15)21-22(17-10-11-20-26-14-27-31(20)13-17)33-24(29-21)30-23(32)18(25)12-16-7-3-2-4-8-16/h2-11,13-14,18H,12,25H2,1H3,(H,29,30,32)/t18-/m1/s1. The number of anilines is 1. The van der Waals surface area contributed by atoms with Crippen LogP contribution in [0.1, 0.15) is 11.3 Å². The third kappa shape index (κ3) is 4.50. The number of hydrogen-bond donors (Lipinski definition) is 2. The van der Waals surface area contributed by atoms with E-state index in [9.17, 15) is 4.79 Å². The maximum atomic E-state index is 12.8. The van der Waals surface area contributed by atoms with Crippen molar-refractivity contribution < 1.29 is 4.79 Å². The van der Waals surface area contributed by atoms with Crippen LogP contribution in [0.3, 0.4) is 0 Å². The van der Waals surface area contributed by atoms with Gasteiger partial charge in [-0.1, -0.05) is 47.7 Å². The fourth-order valence-corrected chi connectivity index (χ4v) is 4.50. The van der Waals surface area contributed by atoms with Crippen LogP contribution in [-0.2, 0) is 11.2 Å². The molecule has 0 aliphatic carbocycles. The highest BCUT2D eigenvalue weighted by Gasteiger charge is 2.21. The van der Waals surface area contributed by atoms with Gasteiger partial charge in [0.25, 0.3) is 0 Å². The Morgan fingerprint density at radius 2 is 1.94 bits per heavy atom. The largest absolute Gasteiger partial charge is 0.320 e. The van der Waals surface area contributed by atoms with E-state index in [0.29, 0.717) is 17.2 Å². The molecule has 0 radical (unpaired) electrons. The van der Waals surface area contributed by atoms with Gasteiger partial charge in [-0.3, -0.25) is 9.78 Å². The van der Waals surface area contributed by atoms with Crippen LogP contribution in [0.25, 0.3) is 27.5 Å². The Morgan fingerprint density at radius 1 is 1.09 bits per heavy atom. The number of nitrogens with two attached hydrogens (primary N) is 1. The van der Waals surface area contributed by atoms with Crippen molar-refractivity contribution in [1.82, 2.24) is 24.6 Å². The first-order valence-electron chi connectivity index (χ1n) is 10.4. The van der Waals surface area contributed by atoms with Crippen LogP contribution >= 0.6 is 11.3 Å². The Hall–Kier alpha value is -3.95. The minimum Gasteiger partial charge on any atom is -0.320 e. The van der Waals surface area contributed by atoms with Crippen LogP contribution in [-0.4, -0.2) is 36.5 Å². The van der Waals surface area contributed by atoms with E-state index < -0.39 is 6.04 Å². The molecule has 164 valence electrons. The van der Waals surface area contributed by atoms with Crippen molar-refractivity contribution in [2.45, 2.75) is 19.4 Å². The molecule has 4 heterocycles. The molecule has 0 aliphatic heterocycles. The average molecular weight is 456 g/mol. The normalized spacial score (nSPS) is 12.1. The van der Waals surface area contributed by atoms with E-state index >= 15 is 0 Å². The molecule has 0 saturated carbocycles. The molecule has 1 atom stereocenters. The number of aromatic nitrogens is 5. The lowest BCUT2D eigenvalue weighted by Crippen LogP contribution is -2.37. The summed E-state index contributed by atoms with van der Waals surface area (Å²) in [6.45, 7) is 1.93. The van der Waals surface area contributed by atoms with E-state index in [1.54, 1.807) is 4.52 Å². The number of thiazole rings is 1. The lowest BCUT2D eigenvalue weighted by Gasteiger charge is -2.10. The van der Waals surface area contributed by atoms with Gasteiger partial charge in [-0.25, -0.2) is 14.5 Å². The van der Waals surface area contributed by atoms with Crippen LogP contribution in [0.4, 0.5) is 5.13 Å². The summed E-state index contributed by atoms with van der Waals surface area (Å²) >= 11 is 1.38. The predicted octanol–water partition coefficient (Wildman–Crippen LogP) is 3.73. The molecule has 1 amide bonds. The Balaban J connectivity index is 1.48. The first-order valence-corrected chi connectivity index (χ1v) is 11.2. The van der Waals surface area contributed by atoms with E-state index in [1.165, 1.54) is 17.7 Å². The van der Waals surface area contributed by atoms with Crippen molar-refractivity contribution in [2.24, 2.45) is 5.73 Å². The summed E-state index contributed by atoms with van der Waals surface area (Å²) in [7, 11) is 0. The molecule has 4 aromatic heterocycles. The number of carbonyl (C=O) groups excluding carboxylic acids is 1. The third-order valence-electron chi connectivity index (χ3n) is 5.16. The summed E-state index contributed by atoms with van der Waals surface area (Å²) in [5.74, 6) is -0.283. The Labute approximate surface area is 194 Å². The number of amides is 1. The molecule has 5 aromatic rings. The second-order valence-corrected chi connectivity index (χ2v) is 8.63. The molecule has 5 rings (SSSR count). The van der Waals surface area contributed by atoms with Gasteiger partial charge in [0.2, 0.25) is 5.91 Å². The fraction of sp³-hybridized carbons (Fsp3) is 0.125. The molecule has 0 bridgehead atoms. The number of aryl methyl sites for hydroxylation is 1. The second-order valence-electron chi connectivity index (χ2n) is 7.63. The number of carbonyl (C=O) groups is 1. The van der Waals surface area contributed by atoms with Crippen molar-refractivity contribution in [2.75, 3.05) is 5.32 Å². The number of nitrogens with zero attached hydrogens (tertiary/aromatic N) is 5. The minimum absolute atomic E-state index is 0.283. The quantitative estimate of drug-likeness (QED) is 0.404. The van der Waals surface area contributed by atoms with Crippen molar-refractivity contribution in [3.05, 3.63) is 84.4 Å². The Bertz CT molecular complexity index is 1430. The molecule has 0 fully saturated rings. The summed E-state index contributed by atoms with van der Waals surface area (Å²) in [6.07, 6.45) is 3.84. The summed E-state index contributed by atoms with van der Waals surface area (Å²) in [6, 6.07) is 18.7. The van der Waals surface area contributed by atoms with E-state index in [-0.39, 0.29) is 5.91 Å². The maximum Gasteiger partial charge on any atom is 0.243 e. The molecule has 8 nitrogen and oxygen atoms in total. The minimum atomic E-state index is -0.688. The van der Waals surface area contributed by atoms with Gasteiger partial charge in [-0.2, -0.15) is 5.10 Å². The second kappa shape index (κ2) is 8.89. The van der Waals surface area contributed by atoms with Crippen LogP contribution in [0.2, 0.25) is 0 Å². The van der Waals surface area contributed by atoms with Gasteiger partial charge in [-0.15, -0.1) is 0 Å². The number of nitrogens with one attached hydrogen (secondary N) is 1. The van der Waals surface area contributed by atoms with Crippen molar-refractivity contribution in [3.63, 3.8) is 0 Å². The number of fused-ring (bicyclic) bond motifs is 1. The van der Waals surface area contributed by atoms with Gasteiger partial charge >= 0.3 is 0 Å². The molecule has 0 aliphatic rings. The van der Waals surface area contributed by atoms with E-state index in [1.807, 2.05) is 73.8 Å². The SMILES string of the molecule is Cc1cccc(-c2nc(NC(=O)[C@H](N)Cc3ccccc3)sc2-c2ccc3ncnn3c2)n1. The lowest BCUT2D eigenvalue weighted by atomic mass is 10.1. The zero-order chi connectivity index (χ0) is 22.8. The van der Waals surface area contributed by atoms with Gasteiger partial charge < -0.3 is 11.1 Å². The van der Waals surface area contributed by atoms with Crippen LogP contribution in [0.5, 0.6) is 0 Å². The van der Waals surface area contributed by atoms with Gasteiger partial charge in [-0.05, 0) is 43.2 Å². The van der Waals surface area contributed by atoms with Crippen molar-refractivity contribution in [1.29, 1.82) is 0 Å². The number of rotatable bonds is 6. The molecule has 33 heavy (non-hydrogen) atoms. The van der Waals surface area contributed by atoms with E-state index in [2.05, 4.69) is 20.4 Å². The van der Waals surface area contributed by atoms with E-state index in [0.717, 1.165) is 33.0 Å². The van der Waals surface area contributed by atoms with Crippen LogP contribution in [0, 0.1) is 6.92 Å². The van der Waals surface area contributed by atoms with E-state index in [4.69, 9.17) is 10.7 Å². The molecule has 3 N–H and O–H groups in total. The summed E-state index contributed by atoms with van der Waals surface area (Å²) < 4.78 is 1.70. The molecular weight excluding hydrogens is 434 g/mol. The monoisotopic (exact) mass is 455 g/mol. The Kier molecular flexibility index (Phi) is 5.64. The first-order chi connectivity index (χ1) is 16.1. The zero-order valence-corrected chi connectivity index (χ0v) is 18.7. The summed E-state index contributed by atoms with van der Waals surface area (Å²) in [4.78, 5) is 27.2. The predicted molar refractivity (Wildman–Crippen MR) is 129 cm³/mol. The fourth-order valence-electron chi connectivity index (χ4n) is 3.53. The Morgan fingerprint density at radius 3 is 2.76 bits per heavy atom. The van der Waals surface area contributed by atoms with Gasteiger partial charge in [0.15, 0.2) is 10.8 Å². The lowest BCUT2D eigenvalue weighted by molar-refractivity contribution is -0.117. The molecule has 0 saturated heterocycles. The van der Waals surface area contributed by atoms with Gasteiger partial charge in [0.1, 0.15) is 12.0 Å². The highest BCUT2D eigenvalue weighted by molar-refractivity contribution is 7.19. The molecule has 0 spiro atoms. The topological polar surface area (TPSA) is 111 Å². The smallest absolute Gasteiger partial charge is 0.243 e. The highest BCUT2D eigenvalue weighted by Crippen LogP contribution is 2.38. The van der Waals surface area contributed by atoms with Crippen LogP contribution < -0.4 is 11.1 Å². The number of pyridine rings is 2. The molecule has 0 unspecified atom stereocenters. The summed E-state index contributed by atoms with van der Waals surface area (Å²) in [5, 5.41) is 7.59. The first kappa shape index (κ1) is 20.9. The zero-order valence-electron chi connectivity index (χ0n) is 17.8. The van der Waals surface area contributed by atoms with Gasteiger partial charge in [0, 0.05) is 17.5 Å². The van der Waals surface area contributed by atoms with Gasteiger partial charge in [0.05, 0.1) is 16.6 Å². The molecular formula is C24H21N7OS. The maximum absolute atomic E-state index is 12.8. The third-order valence-corrected chi connectivity index (χ3v) is 6.18. The summed E-state index contributed by atoms with van der Waals surface area (Å²) in [5.41, 5.74) is 11.1. The average Bonchev–Trinajstić information content (AvgIpc) is 3.46. The number of hydrogen-bond acceptors (Lipinski definition) is 7. The highest BCUT2D eigenvalue weighted by atomic mass is 32.1. The van der Waals surface area contributed by atoms with Crippen LogP contribution in [0.15, 0.2) is 73.2 Å². The number of benzene rings is 1.